The van der Waals surface area contributed by atoms with Gasteiger partial charge in [0, 0.05) is 17.1 Å². The van der Waals surface area contributed by atoms with E-state index < -0.39 is 27.6 Å². The zero-order valence-corrected chi connectivity index (χ0v) is 15.5. The molecule has 1 heterocycles. The predicted molar refractivity (Wildman–Crippen MR) is 98.4 cm³/mol. The molecule has 3 rings (SSSR count). The van der Waals surface area contributed by atoms with E-state index in [1.165, 1.54) is 23.6 Å². The first-order valence-electron chi connectivity index (χ1n) is 7.56. The molecular formula is C17H13F2N3O3S2. The highest BCUT2D eigenvalue weighted by Gasteiger charge is 2.18. The van der Waals surface area contributed by atoms with Crippen LogP contribution in [0.1, 0.15) is 16.1 Å². The van der Waals surface area contributed by atoms with E-state index >= 15 is 0 Å². The minimum atomic E-state index is -3.84. The van der Waals surface area contributed by atoms with Crippen LogP contribution in [-0.4, -0.2) is 19.3 Å². The second kappa shape index (κ2) is 7.41. The highest BCUT2D eigenvalue weighted by molar-refractivity contribution is 7.93. The molecule has 0 saturated heterocycles. The lowest BCUT2D eigenvalue weighted by Crippen LogP contribution is -2.15. The van der Waals surface area contributed by atoms with Crippen LogP contribution in [0.3, 0.4) is 0 Å². The van der Waals surface area contributed by atoms with Crippen molar-refractivity contribution >= 4 is 38.1 Å². The summed E-state index contributed by atoms with van der Waals surface area (Å²) < 4.78 is 53.1. The molecule has 27 heavy (non-hydrogen) atoms. The second-order valence-corrected chi connectivity index (χ2v) is 8.08. The Morgan fingerprint density at radius 3 is 2.44 bits per heavy atom. The summed E-state index contributed by atoms with van der Waals surface area (Å²) in [6.07, 6.45) is 0. The summed E-state index contributed by atoms with van der Waals surface area (Å²) in [4.78, 5) is 16.1. The summed E-state index contributed by atoms with van der Waals surface area (Å²) in [5.41, 5.74) is 0.902. The number of carbonyl (C=O) groups is 1. The topological polar surface area (TPSA) is 88.2 Å². The normalized spacial score (nSPS) is 11.2. The summed E-state index contributed by atoms with van der Waals surface area (Å²) in [5, 5.41) is 3.72. The van der Waals surface area contributed by atoms with Crippen molar-refractivity contribution in [2.24, 2.45) is 0 Å². The number of hydrogen-bond acceptors (Lipinski definition) is 5. The van der Waals surface area contributed by atoms with Crippen LogP contribution < -0.4 is 10.0 Å². The van der Waals surface area contributed by atoms with Crippen LogP contribution >= 0.6 is 11.3 Å². The third-order valence-corrected chi connectivity index (χ3v) is 5.71. The molecule has 10 heteroatoms. The maximum atomic E-state index is 13.2. The Morgan fingerprint density at radius 1 is 1.07 bits per heavy atom. The molecule has 0 saturated carbocycles. The van der Waals surface area contributed by atoms with Gasteiger partial charge in [-0.05, 0) is 31.2 Å². The molecule has 140 valence electrons. The van der Waals surface area contributed by atoms with E-state index in [-0.39, 0.29) is 21.4 Å². The fourth-order valence-corrected chi connectivity index (χ4v) is 4.03. The van der Waals surface area contributed by atoms with Gasteiger partial charge in [-0.2, -0.15) is 0 Å². The molecule has 2 N–H and O–H groups in total. The van der Waals surface area contributed by atoms with E-state index in [1.807, 2.05) is 6.92 Å². The molecule has 0 aliphatic heterocycles. The molecule has 0 radical (unpaired) electrons. The largest absolute Gasteiger partial charge is 0.321 e. The monoisotopic (exact) mass is 409 g/mol. The number of carbonyl (C=O) groups excluding carboxylic acids is 1. The molecule has 0 unspecified atom stereocenters. The molecule has 0 atom stereocenters. The third kappa shape index (κ3) is 4.47. The van der Waals surface area contributed by atoms with E-state index in [9.17, 15) is 22.0 Å². The molecule has 0 aliphatic carbocycles. The standard InChI is InChI=1S/C17H13F2N3O3S2/c1-10-2-5-12(6-3-10)27(24,25)22-17-21-15(9-26-17)16(23)20-11-4-7-13(18)14(19)8-11/h2-9H,1H3,(H,20,23)(H,21,22). The lowest BCUT2D eigenvalue weighted by molar-refractivity contribution is 0.102. The number of amides is 1. The second-order valence-electron chi connectivity index (χ2n) is 5.54. The van der Waals surface area contributed by atoms with E-state index in [2.05, 4.69) is 15.0 Å². The molecular weight excluding hydrogens is 396 g/mol. The smallest absolute Gasteiger partial charge is 0.275 e. The van der Waals surface area contributed by atoms with Gasteiger partial charge in [-0.15, -0.1) is 11.3 Å². The van der Waals surface area contributed by atoms with E-state index in [0.717, 1.165) is 29.0 Å². The van der Waals surface area contributed by atoms with Crippen LogP contribution in [0.15, 0.2) is 52.7 Å². The Kier molecular flexibility index (Phi) is 5.19. The SMILES string of the molecule is Cc1ccc(S(=O)(=O)Nc2nc(C(=O)Nc3ccc(F)c(F)c3)cs2)cc1. The van der Waals surface area contributed by atoms with E-state index in [4.69, 9.17) is 0 Å². The number of aryl methyl sites for hydroxylation is 1. The first kappa shape index (κ1) is 18.9. The number of aromatic nitrogens is 1. The Morgan fingerprint density at radius 2 is 1.78 bits per heavy atom. The molecule has 3 aromatic rings. The fraction of sp³-hybridized carbons (Fsp3) is 0.0588. The number of thiazole rings is 1. The summed E-state index contributed by atoms with van der Waals surface area (Å²) in [7, 11) is -3.84. The van der Waals surface area contributed by atoms with Crippen LogP contribution in [0.25, 0.3) is 0 Å². The van der Waals surface area contributed by atoms with Gasteiger partial charge in [0.1, 0.15) is 5.69 Å². The number of sulfonamides is 1. The predicted octanol–water partition coefficient (Wildman–Crippen LogP) is 3.78. The van der Waals surface area contributed by atoms with Gasteiger partial charge in [-0.3, -0.25) is 9.52 Å². The van der Waals surface area contributed by atoms with Gasteiger partial charge in [0.05, 0.1) is 4.90 Å². The molecule has 0 fully saturated rings. The molecule has 6 nitrogen and oxygen atoms in total. The summed E-state index contributed by atoms with van der Waals surface area (Å²) in [6.45, 7) is 1.84. The van der Waals surface area contributed by atoms with Crippen molar-refractivity contribution in [1.82, 2.24) is 4.98 Å². The Balaban J connectivity index is 1.73. The first-order valence-corrected chi connectivity index (χ1v) is 9.92. The highest BCUT2D eigenvalue weighted by Crippen LogP contribution is 2.21. The third-order valence-electron chi connectivity index (χ3n) is 3.47. The Bertz CT molecular complexity index is 1100. The van der Waals surface area contributed by atoms with Gasteiger partial charge in [-0.1, -0.05) is 17.7 Å². The minimum Gasteiger partial charge on any atom is -0.321 e. The fourth-order valence-electron chi connectivity index (χ4n) is 2.09. The van der Waals surface area contributed by atoms with Crippen LogP contribution in [-0.2, 0) is 10.0 Å². The minimum absolute atomic E-state index is 0.00557. The first-order chi connectivity index (χ1) is 12.7. The van der Waals surface area contributed by atoms with Crippen molar-refractivity contribution in [1.29, 1.82) is 0 Å². The summed E-state index contributed by atoms with van der Waals surface area (Å²) >= 11 is 0.922. The van der Waals surface area contributed by atoms with Crippen molar-refractivity contribution in [3.63, 3.8) is 0 Å². The van der Waals surface area contributed by atoms with Crippen LogP contribution in [0.5, 0.6) is 0 Å². The Labute approximate surface area is 157 Å². The molecule has 2 aromatic carbocycles. The van der Waals surface area contributed by atoms with Crippen LogP contribution in [0.2, 0.25) is 0 Å². The maximum Gasteiger partial charge on any atom is 0.275 e. The number of nitrogens with one attached hydrogen (secondary N) is 2. The van der Waals surface area contributed by atoms with E-state index in [0.29, 0.717) is 0 Å². The molecule has 0 bridgehead atoms. The highest BCUT2D eigenvalue weighted by atomic mass is 32.2. The van der Waals surface area contributed by atoms with Gasteiger partial charge in [0.2, 0.25) is 0 Å². The molecule has 1 aromatic heterocycles. The number of halogens is 2. The zero-order chi connectivity index (χ0) is 19.6. The molecule has 0 aliphatic rings. The average molecular weight is 409 g/mol. The van der Waals surface area contributed by atoms with Crippen molar-refractivity contribution in [3.8, 4) is 0 Å². The van der Waals surface area contributed by atoms with Gasteiger partial charge in [-0.25, -0.2) is 22.2 Å². The van der Waals surface area contributed by atoms with Gasteiger partial charge < -0.3 is 5.32 Å². The van der Waals surface area contributed by atoms with Gasteiger partial charge in [0.25, 0.3) is 15.9 Å². The summed E-state index contributed by atoms with van der Waals surface area (Å²) in [6, 6.07) is 9.16. The van der Waals surface area contributed by atoms with E-state index in [1.54, 1.807) is 12.1 Å². The number of benzene rings is 2. The molecule has 0 spiro atoms. The van der Waals surface area contributed by atoms with Crippen molar-refractivity contribution < 1.29 is 22.0 Å². The molecule has 1 amide bonds. The number of rotatable bonds is 5. The van der Waals surface area contributed by atoms with Crippen molar-refractivity contribution in [2.75, 3.05) is 10.0 Å². The number of anilines is 2. The van der Waals surface area contributed by atoms with Crippen LogP contribution in [0, 0.1) is 18.6 Å². The number of hydrogen-bond donors (Lipinski definition) is 2. The van der Waals surface area contributed by atoms with Crippen molar-refractivity contribution in [2.45, 2.75) is 11.8 Å². The lowest BCUT2D eigenvalue weighted by atomic mass is 10.2. The quantitative estimate of drug-likeness (QED) is 0.671. The summed E-state index contributed by atoms with van der Waals surface area (Å²) in [5.74, 6) is -2.81. The number of nitrogens with zero attached hydrogens (tertiary/aromatic N) is 1. The van der Waals surface area contributed by atoms with Crippen LogP contribution in [0.4, 0.5) is 19.6 Å². The van der Waals surface area contributed by atoms with Gasteiger partial charge in [0.15, 0.2) is 16.8 Å². The van der Waals surface area contributed by atoms with Gasteiger partial charge >= 0.3 is 0 Å². The zero-order valence-electron chi connectivity index (χ0n) is 13.9. The lowest BCUT2D eigenvalue weighted by Gasteiger charge is -2.05. The average Bonchev–Trinajstić information content (AvgIpc) is 3.06. The van der Waals surface area contributed by atoms with Crippen molar-refractivity contribution in [3.05, 3.63) is 70.7 Å². The maximum absolute atomic E-state index is 13.2. The Hall–Kier alpha value is -2.85.